The SMILES string of the molecule is CN(C)c1nc(Cl)nc(C=[N+]=[N-])n1. The van der Waals surface area contributed by atoms with Gasteiger partial charge in [-0.3, -0.25) is 0 Å². The minimum atomic E-state index is 0.0635. The molecule has 1 aromatic heterocycles. The number of rotatable bonds is 2. The van der Waals surface area contributed by atoms with Crippen molar-refractivity contribution in [3.63, 3.8) is 0 Å². The van der Waals surface area contributed by atoms with Crippen molar-refractivity contribution in [3.8, 4) is 0 Å². The van der Waals surface area contributed by atoms with E-state index in [1.165, 1.54) is 0 Å². The van der Waals surface area contributed by atoms with Crippen LogP contribution in [0.3, 0.4) is 0 Å². The van der Waals surface area contributed by atoms with Crippen molar-refractivity contribution in [1.82, 2.24) is 15.0 Å². The predicted molar refractivity (Wildman–Crippen MR) is 47.9 cm³/mol. The van der Waals surface area contributed by atoms with Gasteiger partial charge in [0.25, 0.3) is 0 Å². The van der Waals surface area contributed by atoms with Gasteiger partial charge in [-0.2, -0.15) is 19.7 Å². The Morgan fingerprint density at radius 1 is 1.38 bits per heavy atom. The van der Waals surface area contributed by atoms with Crippen LogP contribution < -0.4 is 4.90 Å². The van der Waals surface area contributed by atoms with Crippen LogP contribution >= 0.6 is 11.6 Å². The smallest absolute Gasteiger partial charge is 0.325 e. The van der Waals surface area contributed by atoms with Crippen molar-refractivity contribution >= 4 is 23.8 Å². The Labute approximate surface area is 79.8 Å². The van der Waals surface area contributed by atoms with Crippen LogP contribution in [0.5, 0.6) is 0 Å². The second kappa shape index (κ2) is 3.93. The van der Waals surface area contributed by atoms with Crippen LogP contribution in [0.1, 0.15) is 5.82 Å². The molecule has 0 atom stereocenters. The molecule has 0 fully saturated rings. The second-order valence-electron chi connectivity index (χ2n) is 2.40. The third-order valence-corrected chi connectivity index (χ3v) is 1.36. The number of hydrogen-bond acceptors (Lipinski definition) is 4. The molecule has 68 valence electrons. The molecule has 0 radical (unpaired) electrons. The Kier molecular flexibility index (Phi) is 2.89. The molecule has 0 bridgehead atoms. The highest BCUT2D eigenvalue weighted by atomic mass is 35.5. The number of anilines is 1. The average Bonchev–Trinajstić information content (AvgIpc) is 2.03. The first-order valence-electron chi connectivity index (χ1n) is 3.40. The second-order valence-corrected chi connectivity index (χ2v) is 2.74. The minimum Gasteiger partial charge on any atom is -0.361 e. The summed E-state index contributed by atoms with van der Waals surface area (Å²) in [5.41, 5.74) is 8.25. The fourth-order valence-corrected chi connectivity index (χ4v) is 0.826. The van der Waals surface area contributed by atoms with E-state index in [0.717, 1.165) is 6.21 Å². The summed E-state index contributed by atoms with van der Waals surface area (Å²) in [6.07, 6.45) is 1.08. The molecular weight excluding hydrogens is 192 g/mol. The van der Waals surface area contributed by atoms with Gasteiger partial charge >= 0.3 is 6.21 Å². The maximum Gasteiger partial charge on any atom is 0.325 e. The molecule has 0 aliphatic carbocycles. The fraction of sp³-hybridized carbons (Fsp3) is 0.333. The lowest BCUT2D eigenvalue weighted by molar-refractivity contribution is 0.00393. The largest absolute Gasteiger partial charge is 0.361 e. The first-order chi connectivity index (χ1) is 6.13. The van der Waals surface area contributed by atoms with Crippen molar-refractivity contribution in [2.75, 3.05) is 19.0 Å². The lowest BCUT2D eigenvalue weighted by Gasteiger charge is -2.08. The molecule has 0 saturated heterocycles. The number of nitrogens with zero attached hydrogens (tertiary/aromatic N) is 6. The quantitative estimate of drug-likeness (QED) is 0.387. The van der Waals surface area contributed by atoms with E-state index in [1.54, 1.807) is 19.0 Å². The molecule has 1 aromatic rings. The predicted octanol–water partition coefficient (Wildman–Crippen LogP) is 0.240. The molecule has 0 saturated carbocycles. The van der Waals surface area contributed by atoms with E-state index in [-0.39, 0.29) is 11.1 Å². The maximum absolute atomic E-state index is 8.25. The van der Waals surface area contributed by atoms with Gasteiger partial charge in [0.2, 0.25) is 17.1 Å². The fourth-order valence-electron chi connectivity index (χ4n) is 0.664. The topological polar surface area (TPSA) is 78.3 Å². The maximum atomic E-state index is 8.25. The third kappa shape index (κ3) is 2.47. The van der Waals surface area contributed by atoms with E-state index >= 15 is 0 Å². The molecule has 7 heteroatoms. The highest BCUT2D eigenvalue weighted by molar-refractivity contribution is 6.28. The van der Waals surface area contributed by atoms with Crippen molar-refractivity contribution in [2.45, 2.75) is 0 Å². The number of aromatic nitrogens is 3. The normalized spacial score (nSPS) is 9.15. The highest BCUT2D eigenvalue weighted by Crippen LogP contribution is 2.06. The Morgan fingerprint density at radius 2 is 2.08 bits per heavy atom. The molecule has 0 amide bonds. The monoisotopic (exact) mass is 198 g/mol. The van der Waals surface area contributed by atoms with Crippen molar-refractivity contribution in [3.05, 3.63) is 16.6 Å². The molecule has 0 aliphatic rings. The summed E-state index contributed by atoms with van der Waals surface area (Å²) in [5.74, 6) is 0.626. The van der Waals surface area contributed by atoms with Gasteiger partial charge in [0.05, 0.1) is 0 Å². The molecule has 0 spiro atoms. The van der Waals surface area contributed by atoms with Gasteiger partial charge in [0.1, 0.15) is 0 Å². The van der Waals surface area contributed by atoms with Crippen LogP contribution in [0.25, 0.3) is 5.53 Å². The molecule has 1 rings (SSSR count). The van der Waals surface area contributed by atoms with Crippen molar-refractivity contribution in [2.24, 2.45) is 0 Å². The summed E-state index contributed by atoms with van der Waals surface area (Å²) in [6.45, 7) is 0. The number of halogens is 1. The van der Waals surface area contributed by atoms with Crippen LogP contribution in [0.15, 0.2) is 0 Å². The zero-order chi connectivity index (χ0) is 9.84. The van der Waals surface area contributed by atoms with E-state index in [1.807, 2.05) is 0 Å². The molecule has 0 aromatic carbocycles. The summed E-state index contributed by atoms with van der Waals surface area (Å²) in [5, 5.41) is 0.0635. The zero-order valence-corrected chi connectivity index (χ0v) is 7.89. The Morgan fingerprint density at radius 3 is 2.62 bits per heavy atom. The van der Waals surface area contributed by atoms with E-state index in [2.05, 4.69) is 19.7 Å². The molecule has 0 aliphatic heterocycles. The van der Waals surface area contributed by atoms with Gasteiger partial charge in [-0.25, -0.2) is 0 Å². The van der Waals surface area contributed by atoms with Crippen molar-refractivity contribution in [1.29, 1.82) is 0 Å². The van der Waals surface area contributed by atoms with Crippen LogP contribution in [0.4, 0.5) is 5.95 Å². The summed E-state index contributed by atoms with van der Waals surface area (Å²) in [7, 11) is 3.54. The zero-order valence-electron chi connectivity index (χ0n) is 7.14. The van der Waals surface area contributed by atoms with Crippen LogP contribution in [-0.2, 0) is 0 Å². The van der Waals surface area contributed by atoms with Gasteiger partial charge in [0, 0.05) is 14.1 Å². The lowest BCUT2D eigenvalue weighted by atomic mass is 10.6. The van der Waals surface area contributed by atoms with Gasteiger partial charge in [-0.05, 0) is 11.6 Å². The Hall–Kier alpha value is -1.52. The summed E-state index contributed by atoms with van der Waals surface area (Å²) < 4.78 is 0. The minimum absolute atomic E-state index is 0.0635. The van der Waals surface area contributed by atoms with E-state index in [0.29, 0.717) is 5.95 Å². The summed E-state index contributed by atoms with van der Waals surface area (Å²) >= 11 is 5.60. The summed E-state index contributed by atoms with van der Waals surface area (Å²) in [6, 6.07) is 0. The van der Waals surface area contributed by atoms with Crippen LogP contribution in [0.2, 0.25) is 5.28 Å². The van der Waals surface area contributed by atoms with E-state index in [9.17, 15) is 0 Å². The molecule has 13 heavy (non-hydrogen) atoms. The van der Waals surface area contributed by atoms with Gasteiger partial charge in [0.15, 0.2) is 0 Å². The lowest BCUT2D eigenvalue weighted by Crippen LogP contribution is -2.14. The summed E-state index contributed by atoms with van der Waals surface area (Å²) in [4.78, 5) is 15.9. The Bertz CT molecular complexity index is 356. The molecule has 1 heterocycles. The van der Waals surface area contributed by atoms with Gasteiger partial charge in [-0.1, -0.05) is 0 Å². The van der Waals surface area contributed by atoms with Crippen LogP contribution in [0, 0.1) is 0 Å². The molecule has 6 nitrogen and oxygen atoms in total. The van der Waals surface area contributed by atoms with Crippen LogP contribution in [-0.4, -0.2) is 40.1 Å². The highest BCUT2D eigenvalue weighted by Gasteiger charge is 2.06. The Balaban J connectivity index is 3.18. The molecule has 0 N–H and O–H groups in total. The van der Waals surface area contributed by atoms with Gasteiger partial charge in [-0.15, -0.1) is 0 Å². The first-order valence-corrected chi connectivity index (χ1v) is 3.77. The first kappa shape index (κ1) is 9.57. The van der Waals surface area contributed by atoms with E-state index < -0.39 is 0 Å². The molecular formula is C6H7ClN6. The molecule has 0 unspecified atom stereocenters. The van der Waals surface area contributed by atoms with Gasteiger partial charge < -0.3 is 10.4 Å². The number of hydrogen-bond donors (Lipinski definition) is 0. The van der Waals surface area contributed by atoms with Crippen molar-refractivity contribution < 1.29 is 4.79 Å². The standard InChI is InChI=1S/C6H7ClN6/c1-13(2)6-11-4(3-9-8)10-5(7)12-6/h3H,1-2H3. The average molecular weight is 199 g/mol. The third-order valence-electron chi connectivity index (χ3n) is 1.19. The van der Waals surface area contributed by atoms with E-state index in [4.69, 9.17) is 17.1 Å².